The van der Waals surface area contributed by atoms with Crippen LogP contribution in [0.1, 0.15) is 2.85 Å². The third-order valence-electron chi connectivity index (χ3n) is 1.68. The first-order valence-electron chi connectivity index (χ1n) is 3.69. The van der Waals surface area contributed by atoms with E-state index in [0.717, 1.165) is 24.5 Å². The maximum Gasteiger partial charge on any atom is 2.00 e. The van der Waals surface area contributed by atoms with Gasteiger partial charge in [0.2, 0.25) is 0 Å². The van der Waals surface area contributed by atoms with Gasteiger partial charge in [-0.05, 0) is 18.2 Å². The van der Waals surface area contributed by atoms with Crippen molar-refractivity contribution in [2.45, 2.75) is 9.79 Å². The normalized spacial score (nSPS) is 11.9. The number of anilines is 1. The fraction of sp³-hybridized carbons (Fsp3) is 0.143. The topological polar surface area (TPSA) is 115 Å². The van der Waals surface area contributed by atoms with Crippen molar-refractivity contribution in [2.75, 3.05) is 12.0 Å². The molecule has 0 spiro atoms. The fourth-order valence-corrected chi connectivity index (χ4v) is 2.41. The largest absolute Gasteiger partial charge is 2.00 e. The molecule has 0 saturated heterocycles. The summed E-state index contributed by atoms with van der Waals surface area (Å²) >= 11 is 0. The number of hydrogen-bond donors (Lipinski definition) is 2. The van der Waals surface area contributed by atoms with Gasteiger partial charge >= 0.3 is 37.7 Å². The van der Waals surface area contributed by atoms with Crippen LogP contribution >= 0.6 is 0 Å². The number of sulfone groups is 1. The third kappa shape index (κ3) is 3.86. The summed E-state index contributed by atoms with van der Waals surface area (Å²) in [6.45, 7) is 0. The van der Waals surface area contributed by atoms with E-state index in [1.54, 1.807) is 0 Å². The van der Waals surface area contributed by atoms with Crippen LogP contribution in [0, 0.1) is 0 Å². The Morgan fingerprint density at radius 1 is 1.25 bits per heavy atom. The van der Waals surface area contributed by atoms with Crippen molar-refractivity contribution in [2.24, 2.45) is 0 Å². The molecule has 0 aromatic heterocycles. The Morgan fingerprint density at radius 3 is 2.12 bits per heavy atom. The first-order chi connectivity index (χ1) is 6.62. The van der Waals surface area contributed by atoms with Crippen LogP contribution in [0.5, 0.6) is 0 Å². The van der Waals surface area contributed by atoms with E-state index < -0.39 is 24.9 Å². The maximum absolute atomic E-state index is 11.2. The van der Waals surface area contributed by atoms with E-state index in [1.807, 2.05) is 0 Å². The minimum Gasteiger partial charge on any atom is -1.00 e. The molecular formula is C7H11CaNO5S2. The Balaban J connectivity index is -0.000000750. The van der Waals surface area contributed by atoms with Crippen LogP contribution in [0.25, 0.3) is 0 Å². The number of nitrogen functional groups attached to an aromatic ring is 1. The molecule has 0 radical (unpaired) electrons. The van der Waals surface area contributed by atoms with Gasteiger partial charge in [-0.1, -0.05) is 0 Å². The van der Waals surface area contributed by atoms with Gasteiger partial charge in [0.15, 0.2) is 9.84 Å². The first kappa shape index (κ1) is 16.1. The van der Waals surface area contributed by atoms with Crippen LogP contribution in [0.15, 0.2) is 28.0 Å². The van der Waals surface area contributed by atoms with Crippen LogP contribution in [0.3, 0.4) is 0 Å². The van der Waals surface area contributed by atoms with Crippen LogP contribution in [0.4, 0.5) is 5.69 Å². The smallest absolute Gasteiger partial charge is 1.00 e. The fourth-order valence-electron chi connectivity index (χ4n) is 0.996. The number of benzene rings is 1. The zero-order valence-corrected chi connectivity index (χ0v) is 12.3. The molecule has 88 valence electrons. The second kappa shape index (κ2) is 5.19. The summed E-state index contributed by atoms with van der Waals surface area (Å²) in [5, 5.41) is 0. The van der Waals surface area contributed by atoms with Crippen LogP contribution in [-0.4, -0.2) is 65.4 Å². The molecule has 1 aromatic carbocycles. The molecule has 1 rings (SSSR count). The van der Waals surface area contributed by atoms with E-state index >= 15 is 0 Å². The van der Waals surface area contributed by atoms with Gasteiger partial charge in [0.05, 0.1) is 15.5 Å². The molecule has 0 aliphatic carbocycles. The third-order valence-corrected chi connectivity index (χ3v) is 3.68. The molecule has 16 heavy (non-hydrogen) atoms. The maximum atomic E-state index is 11.2. The minimum absolute atomic E-state index is 0. The Hall–Kier alpha value is 0.140. The van der Waals surface area contributed by atoms with E-state index in [1.165, 1.54) is 0 Å². The molecule has 0 heterocycles. The van der Waals surface area contributed by atoms with Gasteiger partial charge in [0.25, 0.3) is 10.1 Å². The zero-order chi connectivity index (χ0) is 11.9. The molecule has 0 unspecified atom stereocenters. The Morgan fingerprint density at radius 2 is 1.75 bits per heavy atom. The summed E-state index contributed by atoms with van der Waals surface area (Å²) in [6.07, 6.45) is 0.895. The number of hydrogen-bond acceptors (Lipinski definition) is 5. The molecule has 0 bridgehead atoms. The van der Waals surface area contributed by atoms with Gasteiger partial charge in [-0.3, -0.25) is 4.55 Å². The summed E-state index contributed by atoms with van der Waals surface area (Å²) in [6, 6.07) is 2.96. The van der Waals surface area contributed by atoms with Crippen LogP contribution < -0.4 is 5.73 Å². The average Bonchev–Trinajstić information content (AvgIpc) is 2.00. The Kier molecular flexibility index (Phi) is 5.24. The summed E-state index contributed by atoms with van der Waals surface area (Å²) in [4.78, 5) is -0.824. The molecule has 0 aliphatic heterocycles. The summed E-state index contributed by atoms with van der Waals surface area (Å²) < 4.78 is 52.5. The monoisotopic (exact) mass is 293 g/mol. The van der Waals surface area contributed by atoms with E-state index in [2.05, 4.69) is 0 Å². The van der Waals surface area contributed by atoms with Crippen molar-refractivity contribution in [3.05, 3.63) is 18.2 Å². The van der Waals surface area contributed by atoms with Crippen molar-refractivity contribution < 1.29 is 24.2 Å². The van der Waals surface area contributed by atoms with E-state index in [-0.39, 0.29) is 51.2 Å². The molecule has 0 amide bonds. The molecule has 0 aliphatic rings. The van der Waals surface area contributed by atoms with Gasteiger partial charge in [0, 0.05) is 6.26 Å². The van der Waals surface area contributed by atoms with Crippen molar-refractivity contribution in [3.63, 3.8) is 0 Å². The summed E-state index contributed by atoms with van der Waals surface area (Å²) in [5.41, 5.74) is 5.30. The molecule has 6 nitrogen and oxygen atoms in total. The second-order valence-corrected chi connectivity index (χ2v) is 6.35. The number of rotatable bonds is 2. The van der Waals surface area contributed by atoms with E-state index in [4.69, 9.17) is 10.3 Å². The zero-order valence-electron chi connectivity index (χ0n) is 10.4. The molecule has 9 heteroatoms. The standard InChI is InChI=1S/C7H9NO5S2.Ca.2H/c1-14(9,10)7-4-5(15(11,12)13)2-3-6(7)8;;;/h2-4H,8H2,1H3,(H,11,12,13);;;/q;+2;2*-1. The van der Waals surface area contributed by atoms with Crippen molar-refractivity contribution >= 4 is 63.4 Å². The van der Waals surface area contributed by atoms with Gasteiger partial charge in [0.1, 0.15) is 0 Å². The molecule has 1 aromatic rings. The summed E-state index contributed by atoms with van der Waals surface area (Å²) in [7, 11) is -8.04. The Labute approximate surface area is 126 Å². The van der Waals surface area contributed by atoms with Crippen LogP contribution in [-0.2, 0) is 20.0 Å². The van der Waals surface area contributed by atoms with Gasteiger partial charge < -0.3 is 8.59 Å². The van der Waals surface area contributed by atoms with Gasteiger partial charge in [-0.15, -0.1) is 0 Å². The quantitative estimate of drug-likeness (QED) is 0.442. The molecule has 0 atom stereocenters. The molecule has 0 saturated carbocycles. The van der Waals surface area contributed by atoms with Crippen LogP contribution in [0.2, 0.25) is 0 Å². The predicted molar refractivity (Wildman–Crippen MR) is 61.8 cm³/mol. The van der Waals surface area contributed by atoms with Crippen molar-refractivity contribution in [1.82, 2.24) is 0 Å². The SMILES string of the molecule is CS(=O)(=O)c1cc(S(=O)(=O)O)ccc1N.[Ca+2].[H-].[H-]. The first-order valence-corrected chi connectivity index (χ1v) is 7.02. The molecular weight excluding hydrogens is 282 g/mol. The number of nitrogens with two attached hydrogens (primary N) is 1. The van der Waals surface area contributed by atoms with Gasteiger partial charge in [-0.25, -0.2) is 8.42 Å². The molecule has 3 N–H and O–H groups in total. The predicted octanol–water partition coefficient (Wildman–Crippen LogP) is -0.237. The van der Waals surface area contributed by atoms with E-state index in [9.17, 15) is 16.8 Å². The Bertz CT molecular complexity index is 602. The van der Waals surface area contributed by atoms with Crippen molar-refractivity contribution in [1.29, 1.82) is 0 Å². The van der Waals surface area contributed by atoms with Crippen molar-refractivity contribution in [3.8, 4) is 0 Å². The van der Waals surface area contributed by atoms with E-state index in [0.29, 0.717) is 0 Å². The average molecular weight is 293 g/mol. The minimum atomic E-state index is -4.42. The summed E-state index contributed by atoms with van der Waals surface area (Å²) in [5.74, 6) is 0. The molecule has 0 fully saturated rings. The second-order valence-electron chi connectivity index (χ2n) is 2.95. The van der Waals surface area contributed by atoms with Gasteiger partial charge in [-0.2, -0.15) is 8.42 Å².